The number of rotatable bonds is 3. The standard InChI is InChI=1S/C17H14N2O4/c1-22-13-8-6-12(7-9-13)18-17(21)19-16(20)15-10-11-4-2-3-5-14(11)23-15/h2-10H,1H3,(H2,18,19,20,21). The van der Waals surface area contributed by atoms with Crippen LogP contribution in [0.15, 0.2) is 59.0 Å². The fraction of sp³-hybridized carbons (Fsp3) is 0.0588. The smallest absolute Gasteiger partial charge is 0.326 e. The Hall–Kier alpha value is -3.28. The third-order valence-corrected chi connectivity index (χ3v) is 3.22. The van der Waals surface area contributed by atoms with E-state index in [1.807, 2.05) is 18.2 Å². The molecule has 0 spiro atoms. The van der Waals surface area contributed by atoms with Gasteiger partial charge >= 0.3 is 6.03 Å². The van der Waals surface area contributed by atoms with Crippen molar-refractivity contribution in [1.82, 2.24) is 5.32 Å². The number of furan rings is 1. The van der Waals surface area contributed by atoms with Gasteiger partial charge in [-0.3, -0.25) is 10.1 Å². The number of para-hydroxylation sites is 1. The average molecular weight is 310 g/mol. The zero-order valence-corrected chi connectivity index (χ0v) is 12.3. The van der Waals surface area contributed by atoms with Gasteiger partial charge < -0.3 is 14.5 Å². The van der Waals surface area contributed by atoms with Crippen LogP contribution in [0.1, 0.15) is 10.6 Å². The van der Waals surface area contributed by atoms with Crippen molar-refractivity contribution in [2.45, 2.75) is 0 Å². The zero-order chi connectivity index (χ0) is 16.2. The quantitative estimate of drug-likeness (QED) is 0.777. The number of anilines is 1. The molecule has 0 unspecified atom stereocenters. The number of methoxy groups -OCH3 is 1. The first-order chi connectivity index (χ1) is 11.2. The number of urea groups is 1. The number of carbonyl (C=O) groups excluding carboxylic acids is 2. The number of imide groups is 1. The van der Waals surface area contributed by atoms with Crippen molar-refractivity contribution in [1.29, 1.82) is 0 Å². The molecule has 6 heteroatoms. The maximum Gasteiger partial charge on any atom is 0.326 e. The second kappa shape index (κ2) is 6.23. The first-order valence-corrected chi connectivity index (χ1v) is 6.90. The molecule has 0 atom stereocenters. The Morgan fingerprint density at radius 3 is 2.48 bits per heavy atom. The van der Waals surface area contributed by atoms with Crippen LogP contribution < -0.4 is 15.4 Å². The van der Waals surface area contributed by atoms with Crippen LogP contribution in [0, 0.1) is 0 Å². The SMILES string of the molecule is COc1ccc(NC(=O)NC(=O)c2cc3ccccc3o2)cc1. The number of amides is 3. The van der Waals surface area contributed by atoms with Crippen LogP contribution in [0.2, 0.25) is 0 Å². The van der Waals surface area contributed by atoms with Gasteiger partial charge in [0.1, 0.15) is 11.3 Å². The van der Waals surface area contributed by atoms with Crippen molar-refractivity contribution in [3.05, 3.63) is 60.4 Å². The number of benzene rings is 2. The summed E-state index contributed by atoms with van der Waals surface area (Å²) in [5.41, 5.74) is 1.13. The Kier molecular flexibility index (Phi) is 3.97. The normalized spacial score (nSPS) is 10.3. The van der Waals surface area contributed by atoms with Crippen molar-refractivity contribution < 1.29 is 18.7 Å². The van der Waals surface area contributed by atoms with Crippen molar-refractivity contribution in [3.63, 3.8) is 0 Å². The van der Waals surface area contributed by atoms with Gasteiger partial charge in [0.15, 0.2) is 5.76 Å². The Morgan fingerprint density at radius 2 is 1.78 bits per heavy atom. The summed E-state index contributed by atoms with van der Waals surface area (Å²) < 4.78 is 10.4. The Labute approximate surface area is 132 Å². The van der Waals surface area contributed by atoms with Crippen LogP contribution >= 0.6 is 0 Å². The summed E-state index contributed by atoms with van der Waals surface area (Å²) in [7, 11) is 1.56. The molecule has 2 aromatic carbocycles. The number of hydrogen-bond donors (Lipinski definition) is 2. The van der Waals surface area contributed by atoms with Gasteiger partial charge in [-0.05, 0) is 36.4 Å². The number of carbonyl (C=O) groups is 2. The molecule has 1 heterocycles. The topological polar surface area (TPSA) is 80.6 Å². The van der Waals surface area contributed by atoms with Crippen LogP contribution in [-0.2, 0) is 0 Å². The molecule has 0 saturated heterocycles. The van der Waals surface area contributed by atoms with Gasteiger partial charge in [0.05, 0.1) is 7.11 Å². The Balaban J connectivity index is 1.65. The molecular weight excluding hydrogens is 296 g/mol. The fourth-order valence-electron chi connectivity index (χ4n) is 2.10. The van der Waals surface area contributed by atoms with Gasteiger partial charge in [-0.2, -0.15) is 0 Å². The first kappa shape index (κ1) is 14.6. The summed E-state index contributed by atoms with van der Waals surface area (Å²) in [4.78, 5) is 23.9. The van der Waals surface area contributed by atoms with E-state index in [1.165, 1.54) is 0 Å². The third kappa shape index (κ3) is 3.32. The van der Waals surface area contributed by atoms with E-state index in [4.69, 9.17) is 9.15 Å². The second-order valence-corrected chi connectivity index (χ2v) is 4.79. The summed E-state index contributed by atoms with van der Waals surface area (Å²) >= 11 is 0. The summed E-state index contributed by atoms with van der Waals surface area (Å²) in [6.07, 6.45) is 0. The summed E-state index contributed by atoms with van der Waals surface area (Å²) in [5.74, 6) is 0.151. The van der Waals surface area contributed by atoms with Crippen molar-refractivity contribution in [2.24, 2.45) is 0 Å². The second-order valence-electron chi connectivity index (χ2n) is 4.79. The van der Waals surface area contributed by atoms with Crippen LogP contribution in [0.5, 0.6) is 5.75 Å². The number of hydrogen-bond acceptors (Lipinski definition) is 4. The van der Waals surface area contributed by atoms with Crippen LogP contribution in [0.4, 0.5) is 10.5 Å². The lowest BCUT2D eigenvalue weighted by molar-refractivity contribution is 0.0942. The molecule has 0 aliphatic rings. The maximum atomic E-state index is 12.0. The first-order valence-electron chi connectivity index (χ1n) is 6.90. The van der Waals surface area contributed by atoms with Gasteiger partial charge in [-0.25, -0.2) is 4.79 Å². The number of ether oxygens (including phenoxy) is 1. The van der Waals surface area contributed by atoms with E-state index in [9.17, 15) is 9.59 Å². The van der Waals surface area contributed by atoms with E-state index in [2.05, 4.69) is 10.6 Å². The molecule has 23 heavy (non-hydrogen) atoms. The van der Waals surface area contributed by atoms with E-state index in [0.717, 1.165) is 5.39 Å². The summed E-state index contributed by atoms with van der Waals surface area (Å²) in [6.45, 7) is 0. The highest BCUT2D eigenvalue weighted by Gasteiger charge is 2.15. The molecule has 3 rings (SSSR count). The molecule has 116 valence electrons. The molecule has 0 radical (unpaired) electrons. The molecule has 0 bridgehead atoms. The lowest BCUT2D eigenvalue weighted by Crippen LogP contribution is -2.34. The predicted molar refractivity (Wildman–Crippen MR) is 85.7 cm³/mol. The molecule has 1 aromatic heterocycles. The minimum atomic E-state index is -0.638. The molecule has 6 nitrogen and oxygen atoms in total. The van der Waals surface area contributed by atoms with Gasteiger partial charge in [-0.1, -0.05) is 18.2 Å². The molecule has 3 aromatic rings. The maximum absolute atomic E-state index is 12.0. The molecule has 3 amide bonds. The highest BCUT2D eigenvalue weighted by atomic mass is 16.5. The lowest BCUT2D eigenvalue weighted by Gasteiger charge is -2.06. The minimum Gasteiger partial charge on any atom is -0.497 e. The van der Waals surface area contributed by atoms with Crippen molar-refractivity contribution in [3.8, 4) is 5.75 Å². The van der Waals surface area contributed by atoms with E-state index < -0.39 is 11.9 Å². The number of nitrogens with one attached hydrogen (secondary N) is 2. The molecule has 0 saturated carbocycles. The average Bonchev–Trinajstić information content (AvgIpc) is 2.99. The molecule has 0 fully saturated rings. The highest BCUT2D eigenvalue weighted by molar-refractivity contribution is 6.08. The minimum absolute atomic E-state index is 0.0797. The van der Waals surface area contributed by atoms with E-state index in [-0.39, 0.29) is 5.76 Å². The van der Waals surface area contributed by atoms with E-state index in [0.29, 0.717) is 17.0 Å². The molecule has 0 aliphatic heterocycles. The zero-order valence-electron chi connectivity index (χ0n) is 12.3. The van der Waals surface area contributed by atoms with Gasteiger partial charge in [-0.15, -0.1) is 0 Å². The van der Waals surface area contributed by atoms with Crippen molar-refractivity contribution in [2.75, 3.05) is 12.4 Å². The van der Waals surface area contributed by atoms with E-state index >= 15 is 0 Å². The fourth-order valence-corrected chi connectivity index (χ4v) is 2.10. The van der Waals surface area contributed by atoms with Crippen molar-refractivity contribution >= 4 is 28.6 Å². The van der Waals surface area contributed by atoms with Gasteiger partial charge in [0.25, 0.3) is 5.91 Å². The Bertz CT molecular complexity index is 819. The van der Waals surface area contributed by atoms with E-state index in [1.54, 1.807) is 43.5 Å². The summed E-state index contributed by atoms with van der Waals surface area (Å²) in [6, 6.07) is 14.9. The summed E-state index contributed by atoms with van der Waals surface area (Å²) in [5, 5.41) is 5.58. The highest BCUT2D eigenvalue weighted by Crippen LogP contribution is 2.19. The largest absolute Gasteiger partial charge is 0.497 e. The lowest BCUT2D eigenvalue weighted by atomic mass is 10.2. The van der Waals surface area contributed by atoms with Gasteiger partial charge in [0.2, 0.25) is 0 Å². The molecule has 2 N–H and O–H groups in total. The predicted octanol–water partition coefficient (Wildman–Crippen LogP) is 3.40. The monoisotopic (exact) mass is 310 g/mol. The molecule has 0 aliphatic carbocycles. The van der Waals surface area contributed by atoms with Crippen LogP contribution in [-0.4, -0.2) is 19.0 Å². The Morgan fingerprint density at radius 1 is 1.04 bits per heavy atom. The van der Waals surface area contributed by atoms with Gasteiger partial charge in [0, 0.05) is 11.1 Å². The third-order valence-electron chi connectivity index (χ3n) is 3.22. The molecular formula is C17H14N2O4. The number of fused-ring (bicyclic) bond motifs is 1. The van der Waals surface area contributed by atoms with Crippen LogP contribution in [0.25, 0.3) is 11.0 Å². The van der Waals surface area contributed by atoms with Crippen LogP contribution in [0.3, 0.4) is 0 Å².